The summed E-state index contributed by atoms with van der Waals surface area (Å²) in [4.78, 5) is 10.9. The maximum atomic E-state index is 12.6. The van der Waals surface area contributed by atoms with E-state index in [4.69, 9.17) is 9.84 Å². The molecule has 4 nitrogen and oxygen atoms in total. The second kappa shape index (κ2) is 9.84. The van der Waals surface area contributed by atoms with Crippen LogP contribution in [0.3, 0.4) is 0 Å². The van der Waals surface area contributed by atoms with Crippen molar-refractivity contribution in [2.24, 2.45) is 0 Å². The fourth-order valence-corrected chi connectivity index (χ4v) is 2.87. The maximum absolute atomic E-state index is 12.6. The van der Waals surface area contributed by atoms with Gasteiger partial charge in [0.2, 0.25) is 0 Å². The van der Waals surface area contributed by atoms with Crippen molar-refractivity contribution in [1.29, 1.82) is 0 Å². The Labute approximate surface area is 177 Å². The van der Waals surface area contributed by atoms with Crippen molar-refractivity contribution in [2.45, 2.75) is 12.6 Å². The zero-order valence-electron chi connectivity index (χ0n) is 16.4. The van der Waals surface area contributed by atoms with Gasteiger partial charge in [-0.25, -0.2) is 0 Å². The summed E-state index contributed by atoms with van der Waals surface area (Å²) in [6.45, 7) is 0.431. The number of halogens is 3. The summed E-state index contributed by atoms with van der Waals surface area (Å²) in [6, 6.07) is 19.1. The highest BCUT2D eigenvalue weighted by molar-refractivity contribution is 5.70. The topological polar surface area (TPSA) is 58.6 Å². The lowest BCUT2D eigenvalue weighted by Crippen LogP contribution is -2.04. The number of hydrogen-bond donors (Lipinski definition) is 2. The Hall–Kier alpha value is -3.74. The SMILES string of the molecule is O=C(O)Cc1cccc(Oc2ccccc2NC/C=C/c2ccc(C(F)(F)F)cc2)c1. The van der Waals surface area contributed by atoms with E-state index < -0.39 is 17.7 Å². The zero-order chi connectivity index (χ0) is 22.3. The van der Waals surface area contributed by atoms with Crippen molar-refractivity contribution in [3.8, 4) is 11.5 Å². The third kappa shape index (κ3) is 6.64. The summed E-state index contributed by atoms with van der Waals surface area (Å²) in [5, 5.41) is 12.1. The van der Waals surface area contributed by atoms with Crippen LogP contribution in [-0.4, -0.2) is 17.6 Å². The highest BCUT2D eigenvalue weighted by atomic mass is 19.4. The van der Waals surface area contributed by atoms with E-state index >= 15 is 0 Å². The van der Waals surface area contributed by atoms with Gasteiger partial charge in [0.05, 0.1) is 17.7 Å². The Balaban J connectivity index is 1.62. The van der Waals surface area contributed by atoms with E-state index in [0.717, 1.165) is 17.8 Å². The normalized spacial score (nSPS) is 11.5. The van der Waals surface area contributed by atoms with Gasteiger partial charge in [0, 0.05) is 6.54 Å². The third-order valence-electron chi connectivity index (χ3n) is 4.33. The van der Waals surface area contributed by atoms with Crippen molar-refractivity contribution in [3.05, 3.63) is 95.6 Å². The van der Waals surface area contributed by atoms with Crippen LogP contribution in [0.2, 0.25) is 0 Å². The molecule has 0 bridgehead atoms. The summed E-state index contributed by atoms with van der Waals surface area (Å²) in [5.41, 5.74) is 1.34. The number of para-hydroxylation sites is 2. The number of hydrogen-bond acceptors (Lipinski definition) is 3. The predicted octanol–water partition coefficient (Wildman–Crippen LogP) is 6.25. The Kier molecular flexibility index (Phi) is 6.97. The molecule has 0 saturated heterocycles. The molecule has 0 heterocycles. The van der Waals surface area contributed by atoms with E-state index in [9.17, 15) is 18.0 Å². The van der Waals surface area contributed by atoms with Gasteiger partial charge in [-0.15, -0.1) is 0 Å². The van der Waals surface area contributed by atoms with E-state index in [2.05, 4.69) is 5.32 Å². The number of aliphatic carboxylic acids is 1. The molecule has 0 aliphatic heterocycles. The molecule has 0 atom stereocenters. The smallest absolute Gasteiger partial charge is 0.416 e. The molecule has 0 radical (unpaired) electrons. The van der Waals surface area contributed by atoms with Gasteiger partial charge in [-0.05, 0) is 47.5 Å². The number of rotatable bonds is 8. The molecule has 0 aromatic heterocycles. The van der Waals surface area contributed by atoms with E-state index in [0.29, 0.717) is 29.2 Å². The lowest BCUT2D eigenvalue weighted by Gasteiger charge is -2.12. The van der Waals surface area contributed by atoms with Crippen LogP contribution in [0.25, 0.3) is 6.08 Å². The highest BCUT2D eigenvalue weighted by Crippen LogP contribution is 2.30. The molecule has 2 N–H and O–H groups in total. The first-order chi connectivity index (χ1) is 14.8. The number of carboxylic acids is 1. The first-order valence-electron chi connectivity index (χ1n) is 9.46. The number of benzene rings is 3. The Morgan fingerprint density at radius 3 is 2.45 bits per heavy atom. The minimum Gasteiger partial charge on any atom is -0.481 e. The zero-order valence-corrected chi connectivity index (χ0v) is 16.4. The largest absolute Gasteiger partial charge is 0.481 e. The van der Waals surface area contributed by atoms with Crippen molar-refractivity contribution in [1.82, 2.24) is 0 Å². The van der Waals surface area contributed by atoms with Crippen molar-refractivity contribution in [3.63, 3.8) is 0 Å². The Bertz CT molecular complexity index is 1060. The average molecular weight is 427 g/mol. The van der Waals surface area contributed by atoms with Crippen molar-refractivity contribution in [2.75, 3.05) is 11.9 Å². The Morgan fingerprint density at radius 2 is 1.74 bits per heavy atom. The van der Waals surface area contributed by atoms with Crippen LogP contribution in [0.5, 0.6) is 11.5 Å². The van der Waals surface area contributed by atoms with Gasteiger partial charge in [-0.2, -0.15) is 13.2 Å². The monoisotopic (exact) mass is 427 g/mol. The quantitative estimate of drug-likeness (QED) is 0.446. The summed E-state index contributed by atoms with van der Waals surface area (Å²) >= 11 is 0. The molecule has 7 heteroatoms. The summed E-state index contributed by atoms with van der Waals surface area (Å²) in [7, 11) is 0. The van der Waals surface area contributed by atoms with Crippen LogP contribution in [0, 0.1) is 0 Å². The second-order valence-corrected chi connectivity index (χ2v) is 6.72. The lowest BCUT2D eigenvalue weighted by atomic mass is 10.1. The minimum absolute atomic E-state index is 0.0914. The van der Waals surface area contributed by atoms with E-state index in [1.54, 1.807) is 42.5 Å². The summed E-state index contributed by atoms with van der Waals surface area (Å²) in [5.74, 6) is 0.172. The first-order valence-corrected chi connectivity index (χ1v) is 9.46. The van der Waals surface area contributed by atoms with Gasteiger partial charge in [-0.3, -0.25) is 4.79 Å². The molecule has 0 amide bonds. The molecule has 31 heavy (non-hydrogen) atoms. The standard InChI is InChI=1S/C24H20F3NO3/c25-24(26,27)19-12-10-17(11-13-19)6-4-14-28-21-8-1-2-9-22(21)31-20-7-3-5-18(15-20)16-23(29)30/h1-13,15,28H,14,16H2,(H,29,30)/b6-4+. The first kappa shape index (κ1) is 22.0. The lowest BCUT2D eigenvalue weighted by molar-refractivity contribution is -0.138. The van der Waals surface area contributed by atoms with Crippen LogP contribution < -0.4 is 10.1 Å². The van der Waals surface area contributed by atoms with Crippen molar-refractivity contribution >= 4 is 17.7 Å². The molecule has 160 valence electrons. The Morgan fingerprint density at radius 1 is 1.00 bits per heavy atom. The van der Waals surface area contributed by atoms with Gasteiger partial charge in [0.1, 0.15) is 5.75 Å². The van der Waals surface area contributed by atoms with Crippen LogP contribution >= 0.6 is 0 Å². The molecule has 0 saturated carbocycles. The van der Waals surface area contributed by atoms with Crippen LogP contribution in [0.4, 0.5) is 18.9 Å². The molecular formula is C24H20F3NO3. The number of nitrogens with one attached hydrogen (secondary N) is 1. The molecule has 0 spiro atoms. The van der Waals surface area contributed by atoms with Gasteiger partial charge in [0.25, 0.3) is 0 Å². The van der Waals surface area contributed by atoms with Crippen LogP contribution in [-0.2, 0) is 17.4 Å². The predicted molar refractivity (Wildman–Crippen MR) is 113 cm³/mol. The maximum Gasteiger partial charge on any atom is 0.416 e. The van der Waals surface area contributed by atoms with Gasteiger partial charge < -0.3 is 15.2 Å². The second-order valence-electron chi connectivity index (χ2n) is 6.72. The van der Waals surface area contributed by atoms with Crippen LogP contribution in [0.15, 0.2) is 78.9 Å². The van der Waals surface area contributed by atoms with E-state index in [1.165, 1.54) is 12.1 Å². The van der Waals surface area contributed by atoms with Gasteiger partial charge >= 0.3 is 12.1 Å². The van der Waals surface area contributed by atoms with Crippen LogP contribution in [0.1, 0.15) is 16.7 Å². The number of ether oxygens (including phenoxy) is 1. The summed E-state index contributed by atoms with van der Waals surface area (Å²) < 4.78 is 43.8. The minimum atomic E-state index is -4.35. The van der Waals surface area contributed by atoms with Gasteiger partial charge in [-0.1, -0.05) is 48.6 Å². The molecule has 3 aromatic rings. The molecule has 0 aliphatic rings. The third-order valence-corrected chi connectivity index (χ3v) is 4.33. The van der Waals surface area contributed by atoms with E-state index in [-0.39, 0.29) is 6.42 Å². The molecule has 3 aromatic carbocycles. The fraction of sp³-hybridized carbons (Fsp3) is 0.125. The average Bonchev–Trinajstić information content (AvgIpc) is 2.72. The van der Waals surface area contributed by atoms with E-state index in [1.807, 2.05) is 18.2 Å². The van der Waals surface area contributed by atoms with Crippen molar-refractivity contribution < 1.29 is 27.8 Å². The highest BCUT2D eigenvalue weighted by Gasteiger charge is 2.29. The molecule has 0 aliphatic carbocycles. The molecule has 0 unspecified atom stereocenters. The number of anilines is 1. The van der Waals surface area contributed by atoms with Gasteiger partial charge in [0.15, 0.2) is 5.75 Å². The fourth-order valence-electron chi connectivity index (χ4n) is 2.87. The molecule has 0 fully saturated rings. The number of alkyl halides is 3. The molecular weight excluding hydrogens is 407 g/mol. The summed E-state index contributed by atoms with van der Waals surface area (Å²) in [6.07, 6.45) is -0.911. The molecule has 3 rings (SSSR count). The number of carboxylic acid groups (broad SMARTS) is 1. The number of carbonyl (C=O) groups is 1.